The topological polar surface area (TPSA) is 15.3 Å². The van der Waals surface area contributed by atoms with E-state index in [0.717, 1.165) is 19.1 Å². The highest BCUT2D eigenvalue weighted by atomic mass is 15.1. The lowest BCUT2D eigenvalue weighted by atomic mass is 9.92. The summed E-state index contributed by atoms with van der Waals surface area (Å²) in [6.45, 7) is 9.06. The minimum Gasteiger partial charge on any atom is -0.374 e. The molecule has 1 N–H and O–H groups in total. The van der Waals surface area contributed by atoms with Crippen molar-refractivity contribution >= 4 is 5.69 Å². The van der Waals surface area contributed by atoms with Crippen molar-refractivity contribution in [1.29, 1.82) is 0 Å². The maximum atomic E-state index is 3.64. The molecular weight excluding hydrogens is 220 g/mol. The number of benzene rings is 1. The highest BCUT2D eigenvalue weighted by Gasteiger charge is 2.26. The quantitative estimate of drug-likeness (QED) is 0.829. The Bertz CT molecular complexity index is 394. The van der Waals surface area contributed by atoms with Gasteiger partial charge in [0.05, 0.1) is 0 Å². The summed E-state index contributed by atoms with van der Waals surface area (Å²) in [6, 6.07) is 9.41. The first-order valence-electron chi connectivity index (χ1n) is 6.98. The van der Waals surface area contributed by atoms with Gasteiger partial charge in [-0.2, -0.15) is 0 Å². The fraction of sp³-hybridized carbons (Fsp3) is 0.625. The van der Waals surface area contributed by atoms with E-state index >= 15 is 0 Å². The van der Waals surface area contributed by atoms with Crippen LogP contribution >= 0.6 is 0 Å². The van der Waals surface area contributed by atoms with E-state index in [1.165, 1.54) is 24.1 Å². The lowest BCUT2D eigenvalue weighted by Crippen LogP contribution is -2.39. The van der Waals surface area contributed by atoms with Gasteiger partial charge in [-0.25, -0.2) is 0 Å². The van der Waals surface area contributed by atoms with Gasteiger partial charge >= 0.3 is 0 Å². The third kappa shape index (κ3) is 3.74. The zero-order valence-electron chi connectivity index (χ0n) is 12.2. The molecule has 1 aliphatic rings. The fourth-order valence-corrected chi connectivity index (χ4v) is 2.48. The minimum absolute atomic E-state index is 0.305. The Morgan fingerprint density at radius 2 is 1.94 bits per heavy atom. The van der Waals surface area contributed by atoms with Gasteiger partial charge in [0.1, 0.15) is 0 Å². The summed E-state index contributed by atoms with van der Waals surface area (Å²) in [7, 11) is 2.20. The van der Waals surface area contributed by atoms with Crippen molar-refractivity contribution in [3.05, 3.63) is 29.8 Å². The number of hydrogen-bond donors (Lipinski definition) is 1. The molecule has 0 amide bonds. The van der Waals surface area contributed by atoms with E-state index in [4.69, 9.17) is 0 Å². The Labute approximate surface area is 111 Å². The summed E-state index contributed by atoms with van der Waals surface area (Å²) in [4.78, 5) is 2.38. The standard InChI is InChI=1S/C16H26N2/c1-13-7-5-6-8-15(13)18(4)12-16(2,3)11-17-14-9-10-14/h5-8,14,17H,9-12H2,1-4H3. The lowest BCUT2D eigenvalue weighted by Gasteiger charge is -2.32. The molecule has 0 atom stereocenters. The number of anilines is 1. The molecule has 0 spiro atoms. The van der Waals surface area contributed by atoms with E-state index < -0.39 is 0 Å². The van der Waals surface area contributed by atoms with E-state index in [2.05, 4.69) is 62.3 Å². The van der Waals surface area contributed by atoms with Crippen molar-refractivity contribution in [2.24, 2.45) is 5.41 Å². The molecule has 0 aliphatic heterocycles. The Morgan fingerprint density at radius 3 is 2.56 bits per heavy atom. The fourth-order valence-electron chi connectivity index (χ4n) is 2.48. The van der Waals surface area contributed by atoms with E-state index in [0.29, 0.717) is 5.41 Å². The van der Waals surface area contributed by atoms with Gasteiger partial charge in [-0.05, 0) is 36.8 Å². The Balaban J connectivity index is 1.92. The zero-order valence-corrected chi connectivity index (χ0v) is 12.2. The van der Waals surface area contributed by atoms with Gasteiger partial charge in [-0.15, -0.1) is 0 Å². The van der Waals surface area contributed by atoms with Crippen LogP contribution in [0.5, 0.6) is 0 Å². The van der Waals surface area contributed by atoms with E-state index in [9.17, 15) is 0 Å². The van der Waals surface area contributed by atoms with Gasteiger partial charge < -0.3 is 10.2 Å². The van der Waals surface area contributed by atoms with Crippen LogP contribution in [0.15, 0.2) is 24.3 Å². The second kappa shape index (κ2) is 5.31. The van der Waals surface area contributed by atoms with Crippen LogP contribution in [-0.2, 0) is 0 Å². The third-order valence-corrected chi connectivity index (χ3v) is 3.64. The molecule has 2 nitrogen and oxygen atoms in total. The van der Waals surface area contributed by atoms with Crippen molar-refractivity contribution in [1.82, 2.24) is 5.32 Å². The number of para-hydroxylation sites is 1. The summed E-state index contributed by atoms with van der Waals surface area (Å²) < 4.78 is 0. The SMILES string of the molecule is Cc1ccccc1N(C)CC(C)(C)CNC1CC1. The van der Waals surface area contributed by atoms with Crippen molar-refractivity contribution in [2.45, 2.75) is 39.7 Å². The average molecular weight is 246 g/mol. The molecule has 0 unspecified atom stereocenters. The van der Waals surface area contributed by atoms with Crippen molar-refractivity contribution in [3.63, 3.8) is 0 Å². The van der Waals surface area contributed by atoms with Gasteiger partial charge in [-0.1, -0.05) is 32.0 Å². The summed E-state index contributed by atoms with van der Waals surface area (Å²) in [6.07, 6.45) is 2.73. The van der Waals surface area contributed by atoms with Gasteiger partial charge in [-0.3, -0.25) is 0 Å². The molecular formula is C16H26N2. The monoisotopic (exact) mass is 246 g/mol. The number of nitrogens with one attached hydrogen (secondary N) is 1. The molecule has 1 aromatic carbocycles. The number of nitrogens with zero attached hydrogens (tertiary/aromatic N) is 1. The van der Waals surface area contributed by atoms with Gasteiger partial charge in [0.25, 0.3) is 0 Å². The Kier molecular flexibility index (Phi) is 3.96. The van der Waals surface area contributed by atoms with Crippen LogP contribution in [0.3, 0.4) is 0 Å². The van der Waals surface area contributed by atoms with Crippen molar-refractivity contribution in [3.8, 4) is 0 Å². The smallest absolute Gasteiger partial charge is 0.0393 e. The van der Waals surface area contributed by atoms with Crippen LogP contribution in [0.2, 0.25) is 0 Å². The summed E-state index contributed by atoms with van der Waals surface area (Å²) >= 11 is 0. The highest BCUT2D eigenvalue weighted by Crippen LogP contribution is 2.25. The van der Waals surface area contributed by atoms with Crippen molar-refractivity contribution in [2.75, 3.05) is 25.0 Å². The van der Waals surface area contributed by atoms with Crippen LogP contribution in [0, 0.1) is 12.3 Å². The maximum absolute atomic E-state index is 3.64. The molecule has 0 heterocycles. The molecule has 1 saturated carbocycles. The normalized spacial score (nSPS) is 15.8. The zero-order chi connectivity index (χ0) is 13.2. The number of hydrogen-bond acceptors (Lipinski definition) is 2. The van der Waals surface area contributed by atoms with E-state index in [-0.39, 0.29) is 0 Å². The van der Waals surface area contributed by atoms with Crippen LogP contribution in [-0.4, -0.2) is 26.2 Å². The van der Waals surface area contributed by atoms with Gasteiger partial charge in [0.15, 0.2) is 0 Å². The molecule has 0 aromatic heterocycles. The number of aryl methyl sites for hydroxylation is 1. The second-order valence-corrected chi connectivity index (χ2v) is 6.46. The summed E-state index contributed by atoms with van der Waals surface area (Å²) in [5, 5.41) is 3.64. The van der Waals surface area contributed by atoms with Crippen LogP contribution in [0.25, 0.3) is 0 Å². The largest absolute Gasteiger partial charge is 0.374 e. The van der Waals surface area contributed by atoms with Crippen LogP contribution in [0.4, 0.5) is 5.69 Å². The predicted molar refractivity (Wildman–Crippen MR) is 79.3 cm³/mol. The van der Waals surface area contributed by atoms with Gasteiger partial charge in [0, 0.05) is 31.9 Å². The molecule has 0 radical (unpaired) electrons. The average Bonchev–Trinajstić information content (AvgIpc) is 3.10. The van der Waals surface area contributed by atoms with Crippen LogP contribution < -0.4 is 10.2 Å². The van der Waals surface area contributed by atoms with Crippen molar-refractivity contribution < 1.29 is 0 Å². The van der Waals surface area contributed by atoms with Gasteiger partial charge in [0.2, 0.25) is 0 Å². The molecule has 1 aliphatic carbocycles. The third-order valence-electron chi connectivity index (χ3n) is 3.64. The molecule has 1 aromatic rings. The Morgan fingerprint density at radius 1 is 1.28 bits per heavy atom. The number of rotatable bonds is 6. The second-order valence-electron chi connectivity index (χ2n) is 6.46. The summed E-state index contributed by atoms with van der Waals surface area (Å²) in [5.74, 6) is 0. The first kappa shape index (κ1) is 13.4. The first-order valence-corrected chi connectivity index (χ1v) is 6.98. The molecule has 18 heavy (non-hydrogen) atoms. The highest BCUT2D eigenvalue weighted by molar-refractivity contribution is 5.52. The molecule has 100 valence electrons. The van der Waals surface area contributed by atoms with E-state index in [1.54, 1.807) is 0 Å². The summed E-state index contributed by atoms with van der Waals surface area (Å²) in [5.41, 5.74) is 3.00. The van der Waals surface area contributed by atoms with E-state index in [1.807, 2.05) is 0 Å². The molecule has 2 heteroatoms. The molecule has 1 fully saturated rings. The lowest BCUT2D eigenvalue weighted by molar-refractivity contribution is 0.345. The maximum Gasteiger partial charge on any atom is 0.0393 e. The minimum atomic E-state index is 0.305. The molecule has 0 bridgehead atoms. The molecule has 0 saturated heterocycles. The molecule has 2 rings (SSSR count). The Hall–Kier alpha value is -1.02. The van der Waals surface area contributed by atoms with Crippen LogP contribution in [0.1, 0.15) is 32.3 Å². The first-order chi connectivity index (χ1) is 8.48. The predicted octanol–water partition coefficient (Wildman–Crippen LogP) is 3.21.